The summed E-state index contributed by atoms with van der Waals surface area (Å²) in [6.07, 6.45) is 12.1. The van der Waals surface area contributed by atoms with Gasteiger partial charge >= 0.3 is 0 Å². The minimum Gasteiger partial charge on any atom is -0.454 e. The van der Waals surface area contributed by atoms with Gasteiger partial charge in [0, 0.05) is 4.83 Å². The number of halogens is 2. The first kappa shape index (κ1) is 19.1. The summed E-state index contributed by atoms with van der Waals surface area (Å²) in [7, 11) is 0. The minimum atomic E-state index is 0.307. The molecule has 0 N–H and O–H groups in total. The van der Waals surface area contributed by atoms with Gasteiger partial charge in [0.05, 0.1) is 4.83 Å². The lowest BCUT2D eigenvalue weighted by Gasteiger charge is -2.17. The fourth-order valence-corrected chi connectivity index (χ4v) is 4.09. The van der Waals surface area contributed by atoms with Crippen LogP contribution < -0.4 is 9.47 Å². The van der Waals surface area contributed by atoms with Gasteiger partial charge in [0.25, 0.3) is 0 Å². The number of rotatable bonds is 11. The highest BCUT2D eigenvalue weighted by molar-refractivity contribution is 9.12. The molecule has 2 atom stereocenters. The molecule has 1 aromatic rings. The molecule has 0 radical (unpaired) electrons. The average molecular weight is 448 g/mol. The Hall–Kier alpha value is -0.220. The summed E-state index contributed by atoms with van der Waals surface area (Å²) in [6.45, 7) is 2.61. The Balaban J connectivity index is 1.64. The van der Waals surface area contributed by atoms with Gasteiger partial charge in [-0.25, -0.2) is 0 Å². The lowest BCUT2D eigenvalue weighted by molar-refractivity contribution is 0.174. The van der Waals surface area contributed by atoms with Crippen LogP contribution in [0.2, 0.25) is 0 Å². The second kappa shape index (κ2) is 10.6. The smallest absolute Gasteiger partial charge is 0.231 e. The van der Waals surface area contributed by atoms with E-state index < -0.39 is 0 Å². The molecule has 0 aromatic heterocycles. The quantitative estimate of drug-likeness (QED) is 0.265. The Kier molecular flexibility index (Phi) is 8.81. The highest BCUT2D eigenvalue weighted by Gasteiger charge is 2.21. The third-order valence-corrected chi connectivity index (χ3v) is 7.23. The van der Waals surface area contributed by atoms with Crippen LogP contribution >= 0.6 is 31.9 Å². The molecular formula is C19H28Br2O2. The van der Waals surface area contributed by atoms with E-state index in [-0.39, 0.29) is 0 Å². The summed E-state index contributed by atoms with van der Waals surface area (Å²) < 4.78 is 10.8. The molecule has 0 spiro atoms. The number of hydrogen-bond donors (Lipinski definition) is 0. The Morgan fingerprint density at radius 2 is 1.57 bits per heavy atom. The van der Waals surface area contributed by atoms with Crippen LogP contribution in [-0.2, 0) is 0 Å². The van der Waals surface area contributed by atoms with Crippen molar-refractivity contribution in [2.24, 2.45) is 0 Å². The van der Waals surface area contributed by atoms with Crippen LogP contribution in [0.1, 0.15) is 75.1 Å². The summed E-state index contributed by atoms with van der Waals surface area (Å²) in [6, 6.07) is 6.21. The van der Waals surface area contributed by atoms with Gasteiger partial charge < -0.3 is 9.47 Å². The summed E-state index contributed by atoms with van der Waals surface area (Å²) in [5.41, 5.74) is 1.25. The van der Waals surface area contributed by atoms with Crippen molar-refractivity contribution >= 4 is 31.9 Å². The van der Waals surface area contributed by atoms with Crippen LogP contribution in [0.3, 0.4) is 0 Å². The Bertz CT molecular complexity index is 465. The maximum atomic E-state index is 5.46. The third kappa shape index (κ3) is 6.30. The summed E-state index contributed by atoms with van der Waals surface area (Å²) in [5, 5.41) is 0. The van der Waals surface area contributed by atoms with Crippen LogP contribution in [0.5, 0.6) is 11.5 Å². The van der Waals surface area contributed by atoms with Gasteiger partial charge in [0.1, 0.15) is 0 Å². The van der Waals surface area contributed by atoms with Crippen LogP contribution in [-0.4, -0.2) is 11.6 Å². The third-order valence-electron chi connectivity index (χ3n) is 4.37. The number of benzene rings is 1. The van der Waals surface area contributed by atoms with Crippen molar-refractivity contribution in [3.05, 3.63) is 23.8 Å². The predicted octanol–water partition coefficient (Wildman–Crippen LogP) is 7.15. The monoisotopic (exact) mass is 446 g/mol. The highest BCUT2D eigenvalue weighted by atomic mass is 79.9. The molecule has 0 fully saturated rings. The van der Waals surface area contributed by atoms with Crippen LogP contribution in [0, 0.1) is 0 Å². The molecule has 0 bridgehead atoms. The van der Waals surface area contributed by atoms with Crippen molar-refractivity contribution < 1.29 is 9.47 Å². The van der Waals surface area contributed by atoms with Crippen LogP contribution in [0.4, 0.5) is 0 Å². The summed E-state index contributed by atoms with van der Waals surface area (Å²) in [4.78, 5) is 0.754. The highest BCUT2D eigenvalue weighted by Crippen LogP contribution is 2.40. The molecule has 0 aliphatic carbocycles. The van der Waals surface area contributed by atoms with Crippen molar-refractivity contribution in [2.45, 2.75) is 74.4 Å². The summed E-state index contributed by atoms with van der Waals surface area (Å²) >= 11 is 7.67. The molecule has 1 aliphatic rings. The van der Waals surface area contributed by atoms with Crippen LogP contribution in [0.15, 0.2) is 18.2 Å². The van der Waals surface area contributed by atoms with Gasteiger partial charge in [-0.3, -0.25) is 0 Å². The van der Waals surface area contributed by atoms with Crippen molar-refractivity contribution in [1.82, 2.24) is 0 Å². The molecule has 2 nitrogen and oxygen atoms in total. The zero-order valence-electron chi connectivity index (χ0n) is 14.0. The first-order valence-electron chi connectivity index (χ1n) is 8.90. The fourth-order valence-electron chi connectivity index (χ4n) is 2.91. The van der Waals surface area contributed by atoms with Gasteiger partial charge in [0.15, 0.2) is 11.5 Å². The molecule has 2 rings (SSSR count). The number of alkyl halides is 2. The number of fused-ring (bicyclic) bond motifs is 1. The summed E-state index contributed by atoms with van der Waals surface area (Å²) in [5.74, 6) is 1.71. The molecule has 4 heteroatoms. The van der Waals surface area contributed by atoms with E-state index in [0.717, 1.165) is 11.5 Å². The first-order chi connectivity index (χ1) is 11.2. The molecular weight excluding hydrogens is 420 g/mol. The average Bonchev–Trinajstić information content (AvgIpc) is 3.04. The van der Waals surface area contributed by atoms with E-state index in [1.54, 1.807) is 0 Å². The zero-order valence-corrected chi connectivity index (χ0v) is 17.2. The second-order valence-corrected chi connectivity index (χ2v) is 8.46. The lowest BCUT2D eigenvalue weighted by Crippen LogP contribution is -2.06. The van der Waals surface area contributed by atoms with E-state index in [2.05, 4.69) is 50.9 Å². The molecule has 1 aliphatic heterocycles. The molecule has 1 aromatic carbocycles. The number of hydrogen-bond acceptors (Lipinski definition) is 2. The normalized spacial score (nSPS) is 15.6. The standard InChI is InChI=1S/C19H28Br2O2/c1-2-3-4-5-6-7-8-9-10-16(20)19(21)15-11-12-17-18(13-15)23-14-22-17/h11-13,16,19H,2-10,14H2,1H3. The molecule has 1 heterocycles. The molecule has 130 valence electrons. The molecule has 0 saturated carbocycles. The minimum absolute atomic E-state index is 0.307. The Morgan fingerprint density at radius 1 is 0.913 bits per heavy atom. The van der Waals surface area contributed by atoms with E-state index in [9.17, 15) is 0 Å². The second-order valence-electron chi connectivity index (χ2n) is 6.29. The SMILES string of the molecule is CCCCCCCCCCC(Br)C(Br)c1ccc2c(c1)OCO2. The van der Waals surface area contributed by atoms with Crippen molar-refractivity contribution in [2.75, 3.05) is 6.79 Å². The van der Waals surface area contributed by atoms with Gasteiger partial charge in [-0.15, -0.1) is 0 Å². The molecule has 0 saturated heterocycles. The Labute approximate surface area is 157 Å². The Morgan fingerprint density at radius 3 is 2.30 bits per heavy atom. The number of unbranched alkanes of at least 4 members (excludes halogenated alkanes) is 7. The maximum absolute atomic E-state index is 5.46. The molecule has 0 amide bonds. The maximum Gasteiger partial charge on any atom is 0.231 e. The molecule has 2 unspecified atom stereocenters. The molecule has 23 heavy (non-hydrogen) atoms. The number of ether oxygens (including phenoxy) is 2. The van der Waals surface area contributed by atoms with E-state index in [0.29, 0.717) is 16.4 Å². The predicted molar refractivity (Wildman–Crippen MR) is 104 cm³/mol. The van der Waals surface area contributed by atoms with E-state index in [1.165, 1.54) is 63.4 Å². The van der Waals surface area contributed by atoms with Gasteiger partial charge in [-0.1, -0.05) is 96.2 Å². The van der Waals surface area contributed by atoms with Crippen molar-refractivity contribution in [1.29, 1.82) is 0 Å². The van der Waals surface area contributed by atoms with Gasteiger partial charge in [-0.05, 0) is 24.1 Å². The zero-order chi connectivity index (χ0) is 16.5. The van der Waals surface area contributed by atoms with Crippen LogP contribution in [0.25, 0.3) is 0 Å². The van der Waals surface area contributed by atoms with E-state index >= 15 is 0 Å². The van der Waals surface area contributed by atoms with E-state index in [4.69, 9.17) is 9.47 Å². The lowest BCUT2D eigenvalue weighted by atomic mass is 10.0. The topological polar surface area (TPSA) is 18.5 Å². The van der Waals surface area contributed by atoms with E-state index in [1.807, 2.05) is 6.07 Å². The largest absolute Gasteiger partial charge is 0.454 e. The van der Waals surface area contributed by atoms with Gasteiger partial charge in [0.2, 0.25) is 6.79 Å². The fraction of sp³-hybridized carbons (Fsp3) is 0.684. The van der Waals surface area contributed by atoms with Crippen molar-refractivity contribution in [3.63, 3.8) is 0 Å². The van der Waals surface area contributed by atoms with Crippen molar-refractivity contribution in [3.8, 4) is 11.5 Å². The van der Waals surface area contributed by atoms with Gasteiger partial charge in [-0.2, -0.15) is 0 Å². The first-order valence-corrected chi connectivity index (χ1v) is 10.7.